The van der Waals surface area contributed by atoms with Gasteiger partial charge in [-0.25, -0.2) is 9.97 Å². The van der Waals surface area contributed by atoms with Crippen molar-refractivity contribution in [2.24, 2.45) is 5.73 Å². The molecule has 176 valence electrons. The van der Waals surface area contributed by atoms with Gasteiger partial charge >= 0.3 is 0 Å². The van der Waals surface area contributed by atoms with Gasteiger partial charge in [-0.2, -0.15) is 0 Å². The maximum Gasteiger partial charge on any atom is 0.253 e. The number of aromatic nitrogens is 2. The zero-order chi connectivity index (χ0) is 24.5. The van der Waals surface area contributed by atoms with E-state index in [1.807, 2.05) is 18.2 Å². The number of rotatable bonds is 9. The van der Waals surface area contributed by atoms with Gasteiger partial charge in [0.25, 0.3) is 5.91 Å². The first-order valence-corrected chi connectivity index (χ1v) is 12.1. The molecule has 2 heterocycles. The van der Waals surface area contributed by atoms with Crippen molar-refractivity contribution in [1.29, 1.82) is 0 Å². The van der Waals surface area contributed by atoms with Crippen LogP contribution in [0.15, 0.2) is 48.6 Å². The fourth-order valence-electron chi connectivity index (χ4n) is 4.17. The number of aliphatic hydroxyl groups excluding tert-OH is 1. The summed E-state index contributed by atoms with van der Waals surface area (Å²) in [5.41, 5.74) is 9.93. The molecular formula is C26H28N4O3S. The Morgan fingerprint density at radius 2 is 1.91 bits per heavy atom. The highest BCUT2D eigenvalue weighted by atomic mass is 32.1. The maximum absolute atomic E-state index is 12.9. The second-order valence-electron chi connectivity index (χ2n) is 8.68. The molecule has 34 heavy (non-hydrogen) atoms. The van der Waals surface area contributed by atoms with E-state index in [1.165, 1.54) is 21.8 Å². The molecule has 3 N–H and O–H groups in total. The number of thiophene rings is 1. The number of nitrogens with two attached hydrogens (primary N) is 1. The zero-order valence-corrected chi connectivity index (χ0v) is 20.2. The first kappa shape index (κ1) is 23.8. The van der Waals surface area contributed by atoms with Crippen LogP contribution in [-0.4, -0.2) is 52.0 Å². The second kappa shape index (κ2) is 9.48. The Hall–Kier alpha value is -3.36. The number of likely N-dealkylation sites (N-methyl/N-ethyl adjacent to an activating group) is 1. The lowest BCUT2D eigenvalue weighted by Crippen LogP contribution is -2.29. The number of hydrogen-bond acceptors (Lipinski definition) is 6. The minimum Gasteiger partial charge on any atom is -0.395 e. The molecule has 0 spiro atoms. The van der Waals surface area contributed by atoms with Crippen LogP contribution >= 0.6 is 11.3 Å². The smallest absolute Gasteiger partial charge is 0.253 e. The summed E-state index contributed by atoms with van der Waals surface area (Å²) in [7, 11) is 1.67. The number of nitrogens with zero attached hydrogens (tertiary/aromatic N) is 3. The van der Waals surface area contributed by atoms with Gasteiger partial charge in [-0.05, 0) is 54.0 Å². The first-order valence-electron chi connectivity index (χ1n) is 11.2. The summed E-state index contributed by atoms with van der Waals surface area (Å²) >= 11 is 1.41. The van der Waals surface area contributed by atoms with E-state index in [-0.39, 0.29) is 24.5 Å². The minimum absolute atomic E-state index is 0.0931. The van der Waals surface area contributed by atoms with E-state index in [1.54, 1.807) is 30.9 Å². The van der Waals surface area contributed by atoms with Gasteiger partial charge in [0, 0.05) is 52.9 Å². The van der Waals surface area contributed by atoms with Crippen molar-refractivity contribution in [2.45, 2.75) is 31.6 Å². The molecule has 0 unspecified atom stereocenters. The molecule has 0 atom stereocenters. The molecule has 1 aliphatic rings. The SMILES string of the molecule is C=C(c1ncc(-c2cc(C(N)=O)cs2)cn1)c1cc(C(=O)N(C)CCO)ccc1C1(CC)CC1. The van der Waals surface area contributed by atoms with Crippen LogP contribution in [0.1, 0.15) is 63.9 Å². The Morgan fingerprint density at radius 3 is 2.47 bits per heavy atom. The summed E-state index contributed by atoms with van der Waals surface area (Å²) in [6.07, 6.45) is 6.62. The van der Waals surface area contributed by atoms with Crippen molar-refractivity contribution >= 4 is 28.7 Å². The van der Waals surface area contributed by atoms with Crippen molar-refractivity contribution in [2.75, 3.05) is 20.2 Å². The van der Waals surface area contributed by atoms with Gasteiger partial charge in [-0.3, -0.25) is 9.59 Å². The van der Waals surface area contributed by atoms with Crippen LogP contribution in [0.25, 0.3) is 16.0 Å². The highest BCUT2D eigenvalue weighted by molar-refractivity contribution is 7.13. The highest BCUT2D eigenvalue weighted by Crippen LogP contribution is 2.53. The van der Waals surface area contributed by atoms with Crippen molar-refractivity contribution in [3.63, 3.8) is 0 Å². The van der Waals surface area contributed by atoms with Gasteiger partial charge in [0.1, 0.15) is 0 Å². The fourth-order valence-corrected chi connectivity index (χ4v) is 5.05. The van der Waals surface area contributed by atoms with E-state index in [2.05, 4.69) is 23.5 Å². The second-order valence-corrected chi connectivity index (χ2v) is 9.59. The highest BCUT2D eigenvalue weighted by Gasteiger charge is 2.44. The Morgan fingerprint density at radius 1 is 1.21 bits per heavy atom. The van der Waals surface area contributed by atoms with Crippen molar-refractivity contribution in [3.05, 3.63) is 76.7 Å². The standard InChI is InChI=1S/C26H28N4O3S/c1-4-26(7-8-26)21-6-5-17(25(33)30(3)9-10-31)11-20(21)16(2)24-28-13-19(14-29-24)22-12-18(15-34-22)23(27)32/h5-6,11-15,31H,2,4,7-10H2,1,3H3,(H2,27,32). The van der Waals surface area contributed by atoms with Crippen LogP contribution in [0.5, 0.6) is 0 Å². The molecule has 1 aliphatic carbocycles. The lowest BCUT2D eigenvalue weighted by atomic mass is 9.85. The van der Waals surface area contributed by atoms with Crippen molar-refractivity contribution in [3.8, 4) is 10.4 Å². The van der Waals surface area contributed by atoms with Crippen LogP contribution < -0.4 is 5.73 Å². The molecule has 0 saturated heterocycles. The molecule has 7 nitrogen and oxygen atoms in total. The fraction of sp³-hybridized carbons (Fsp3) is 0.308. The zero-order valence-electron chi connectivity index (χ0n) is 19.4. The summed E-state index contributed by atoms with van der Waals surface area (Å²) in [5, 5.41) is 10.9. The van der Waals surface area contributed by atoms with Gasteiger partial charge in [0.05, 0.1) is 12.2 Å². The third-order valence-corrected chi connectivity index (χ3v) is 7.54. The Balaban J connectivity index is 1.68. The van der Waals surface area contributed by atoms with Crippen LogP contribution in [0.2, 0.25) is 0 Å². The quantitative estimate of drug-likeness (QED) is 0.487. The topological polar surface area (TPSA) is 109 Å². The average Bonchev–Trinajstić information content (AvgIpc) is 3.49. The molecule has 0 bridgehead atoms. The molecule has 2 amide bonds. The van der Waals surface area contributed by atoms with Crippen LogP contribution in [0.3, 0.4) is 0 Å². The molecule has 1 aromatic carbocycles. The molecule has 2 aromatic heterocycles. The van der Waals surface area contributed by atoms with Gasteiger partial charge in [0.15, 0.2) is 5.82 Å². The van der Waals surface area contributed by atoms with E-state index in [4.69, 9.17) is 5.73 Å². The lowest BCUT2D eigenvalue weighted by molar-refractivity contribution is 0.0766. The molecule has 1 saturated carbocycles. The monoisotopic (exact) mass is 476 g/mol. The number of aliphatic hydroxyl groups is 1. The molecule has 0 radical (unpaired) electrons. The number of carbonyl (C=O) groups is 2. The molecule has 1 fully saturated rings. The Bertz CT molecular complexity index is 1250. The van der Waals surface area contributed by atoms with Gasteiger partial charge in [0.2, 0.25) is 5.91 Å². The third kappa shape index (κ3) is 4.51. The summed E-state index contributed by atoms with van der Waals surface area (Å²) in [5.74, 6) is -0.142. The first-order chi connectivity index (χ1) is 16.3. The van der Waals surface area contributed by atoms with Crippen LogP contribution in [0, 0.1) is 0 Å². The predicted octanol–water partition coefficient (Wildman–Crippen LogP) is 3.87. The number of carbonyl (C=O) groups excluding carboxylic acids is 2. The Labute approximate surface area is 203 Å². The Kier molecular flexibility index (Phi) is 6.63. The van der Waals surface area contributed by atoms with Gasteiger partial charge in [-0.15, -0.1) is 11.3 Å². The largest absolute Gasteiger partial charge is 0.395 e. The predicted molar refractivity (Wildman–Crippen MR) is 134 cm³/mol. The van der Waals surface area contributed by atoms with Gasteiger partial charge in [-0.1, -0.05) is 19.6 Å². The number of benzene rings is 1. The minimum atomic E-state index is -0.468. The van der Waals surface area contributed by atoms with Crippen LogP contribution in [0.4, 0.5) is 0 Å². The summed E-state index contributed by atoms with van der Waals surface area (Å²) < 4.78 is 0. The van der Waals surface area contributed by atoms with Crippen LogP contribution in [-0.2, 0) is 5.41 Å². The molecular weight excluding hydrogens is 448 g/mol. The summed E-state index contributed by atoms with van der Waals surface area (Å²) in [4.78, 5) is 35.7. The van der Waals surface area contributed by atoms with E-state index in [0.29, 0.717) is 22.5 Å². The number of amides is 2. The molecule has 4 rings (SSSR count). The summed E-state index contributed by atoms with van der Waals surface area (Å²) in [6, 6.07) is 7.49. The number of hydrogen-bond donors (Lipinski definition) is 2. The van der Waals surface area contributed by atoms with E-state index in [0.717, 1.165) is 35.3 Å². The molecule has 0 aliphatic heterocycles. The van der Waals surface area contributed by atoms with Crippen molar-refractivity contribution in [1.82, 2.24) is 14.9 Å². The van der Waals surface area contributed by atoms with E-state index < -0.39 is 5.91 Å². The summed E-state index contributed by atoms with van der Waals surface area (Å²) in [6.45, 7) is 6.65. The number of primary amides is 1. The lowest BCUT2D eigenvalue weighted by Gasteiger charge is -2.22. The molecule has 8 heteroatoms. The van der Waals surface area contributed by atoms with E-state index >= 15 is 0 Å². The average molecular weight is 477 g/mol. The van der Waals surface area contributed by atoms with E-state index in [9.17, 15) is 14.7 Å². The molecule has 3 aromatic rings. The maximum atomic E-state index is 12.9. The third-order valence-electron chi connectivity index (χ3n) is 6.57. The normalized spacial score (nSPS) is 14.0. The van der Waals surface area contributed by atoms with Crippen molar-refractivity contribution < 1.29 is 14.7 Å². The van der Waals surface area contributed by atoms with Gasteiger partial charge < -0.3 is 15.7 Å².